The van der Waals surface area contributed by atoms with Crippen LogP contribution in [0.4, 0.5) is 0 Å². The van der Waals surface area contributed by atoms with Gasteiger partial charge in [0.15, 0.2) is 0 Å². The van der Waals surface area contributed by atoms with E-state index in [2.05, 4.69) is 18.7 Å². The Balaban J connectivity index is 1.97. The van der Waals surface area contributed by atoms with Crippen molar-refractivity contribution in [2.24, 2.45) is 0 Å². The molecule has 2 aromatic carbocycles. The van der Waals surface area contributed by atoms with Crippen molar-refractivity contribution in [1.82, 2.24) is 9.80 Å². The van der Waals surface area contributed by atoms with Gasteiger partial charge in [-0.1, -0.05) is 63.2 Å². The first-order valence-electron chi connectivity index (χ1n) is 11.8. The number of carbonyl (C=O) groups excluding carboxylic acids is 2. The van der Waals surface area contributed by atoms with Gasteiger partial charge in [-0.2, -0.15) is 0 Å². The van der Waals surface area contributed by atoms with Crippen molar-refractivity contribution in [3.05, 3.63) is 71.3 Å². The summed E-state index contributed by atoms with van der Waals surface area (Å²) in [4.78, 5) is 30.0. The van der Waals surface area contributed by atoms with Gasteiger partial charge in [-0.25, -0.2) is 0 Å². The van der Waals surface area contributed by atoms with Crippen LogP contribution in [0.25, 0.3) is 5.76 Å². The van der Waals surface area contributed by atoms with Gasteiger partial charge in [0.1, 0.15) is 11.5 Å². The van der Waals surface area contributed by atoms with E-state index in [4.69, 9.17) is 4.74 Å². The topological polar surface area (TPSA) is 70.1 Å². The molecule has 0 unspecified atom stereocenters. The zero-order valence-electron chi connectivity index (χ0n) is 19.8. The number of likely N-dealkylation sites (tertiary alicyclic amines) is 1. The molecule has 2 aromatic rings. The molecule has 1 amide bonds. The van der Waals surface area contributed by atoms with E-state index in [0.717, 1.165) is 43.8 Å². The Morgan fingerprint density at radius 3 is 2.27 bits per heavy atom. The van der Waals surface area contributed by atoms with Crippen LogP contribution >= 0.6 is 0 Å². The molecule has 1 heterocycles. The number of amides is 1. The lowest BCUT2D eigenvalue weighted by Gasteiger charge is -2.27. The zero-order valence-corrected chi connectivity index (χ0v) is 19.8. The fourth-order valence-corrected chi connectivity index (χ4v) is 4.18. The van der Waals surface area contributed by atoms with Crippen LogP contribution in [0.1, 0.15) is 50.8 Å². The highest BCUT2D eigenvalue weighted by atomic mass is 16.5. The fourth-order valence-electron chi connectivity index (χ4n) is 4.18. The lowest BCUT2D eigenvalue weighted by Crippen LogP contribution is -2.33. The quantitative estimate of drug-likeness (QED) is 0.307. The Kier molecular flexibility index (Phi) is 8.66. The molecule has 0 aromatic heterocycles. The second-order valence-electron chi connectivity index (χ2n) is 8.16. The lowest BCUT2D eigenvalue weighted by atomic mass is 9.95. The number of hydrogen-bond acceptors (Lipinski definition) is 5. The van der Waals surface area contributed by atoms with Crippen LogP contribution in [0.3, 0.4) is 0 Å². The maximum atomic E-state index is 13.1. The van der Waals surface area contributed by atoms with Gasteiger partial charge in [0.05, 0.1) is 18.2 Å². The monoisotopic (exact) mass is 450 g/mol. The van der Waals surface area contributed by atoms with E-state index in [1.54, 1.807) is 29.2 Å². The van der Waals surface area contributed by atoms with Crippen LogP contribution in [-0.4, -0.2) is 59.4 Å². The minimum absolute atomic E-state index is 0.135. The summed E-state index contributed by atoms with van der Waals surface area (Å²) in [7, 11) is 0. The average Bonchev–Trinajstić information content (AvgIpc) is 3.10. The van der Waals surface area contributed by atoms with Gasteiger partial charge in [-0.05, 0) is 50.2 Å². The highest BCUT2D eigenvalue weighted by Crippen LogP contribution is 2.39. The lowest BCUT2D eigenvalue weighted by molar-refractivity contribution is -0.140. The van der Waals surface area contributed by atoms with Crippen molar-refractivity contribution in [3.63, 3.8) is 0 Å². The minimum atomic E-state index is -0.643. The molecule has 3 rings (SSSR count). The van der Waals surface area contributed by atoms with Gasteiger partial charge in [0.25, 0.3) is 11.7 Å². The summed E-state index contributed by atoms with van der Waals surface area (Å²) in [5.74, 6) is -0.613. The van der Waals surface area contributed by atoms with Gasteiger partial charge in [-0.3, -0.25) is 9.59 Å². The van der Waals surface area contributed by atoms with E-state index < -0.39 is 17.7 Å². The minimum Gasteiger partial charge on any atom is -0.507 e. The van der Waals surface area contributed by atoms with Gasteiger partial charge in [0.2, 0.25) is 0 Å². The summed E-state index contributed by atoms with van der Waals surface area (Å²) in [5, 5.41) is 11.1. The third-order valence-electron chi connectivity index (χ3n) is 6.02. The Labute approximate surface area is 196 Å². The molecule has 0 bridgehead atoms. The Morgan fingerprint density at radius 2 is 1.67 bits per heavy atom. The summed E-state index contributed by atoms with van der Waals surface area (Å²) >= 11 is 0. The molecular formula is C27H34N2O4. The number of aliphatic hydroxyl groups excluding tert-OH is 1. The predicted octanol–water partition coefficient (Wildman–Crippen LogP) is 4.63. The molecule has 1 fully saturated rings. The third-order valence-corrected chi connectivity index (χ3v) is 6.02. The fraction of sp³-hybridized carbons (Fsp3) is 0.407. The number of rotatable bonds is 11. The maximum Gasteiger partial charge on any atom is 0.295 e. The molecule has 0 aliphatic carbocycles. The standard InChI is InChI=1S/C27H34N2O4/c1-4-19-33-22-15-13-20(14-16-22)24-23(25(30)21-11-8-7-9-12-21)26(31)27(32)29(24)18-10-17-28(5-2)6-3/h7-9,11-16,24,30H,4-6,10,17-19H2,1-3H3/b25-23+/t24-/m1/s1. The van der Waals surface area contributed by atoms with E-state index in [9.17, 15) is 14.7 Å². The molecule has 6 nitrogen and oxygen atoms in total. The summed E-state index contributed by atoms with van der Waals surface area (Å²) in [6, 6.07) is 15.7. The van der Waals surface area contributed by atoms with Crippen LogP contribution in [0.15, 0.2) is 60.2 Å². The first-order chi connectivity index (χ1) is 16.0. The van der Waals surface area contributed by atoms with Crippen molar-refractivity contribution in [1.29, 1.82) is 0 Å². The number of ketones is 1. The Hall–Kier alpha value is -3.12. The number of ether oxygens (including phenoxy) is 1. The average molecular weight is 451 g/mol. The van der Waals surface area contributed by atoms with E-state index in [-0.39, 0.29) is 11.3 Å². The molecule has 1 aliphatic rings. The summed E-state index contributed by atoms with van der Waals surface area (Å²) in [6.07, 6.45) is 1.65. The number of Topliss-reactive ketones (excluding diaryl/α,β-unsaturated/α-hetero) is 1. The van der Waals surface area contributed by atoms with E-state index in [1.165, 1.54) is 0 Å². The van der Waals surface area contributed by atoms with Crippen LogP contribution in [0.5, 0.6) is 5.75 Å². The van der Waals surface area contributed by atoms with E-state index >= 15 is 0 Å². The first kappa shape index (κ1) is 24.5. The van der Waals surface area contributed by atoms with Crippen LogP contribution in [-0.2, 0) is 9.59 Å². The second-order valence-corrected chi connectivity index (χ2v) is 8.16. The van der Waals surface area contributed by atoms with Gasteiger partial charge >= 0.3 is 0 Å². The van der Waals surface area contributed by atoms with Crippen molar-refractivity contribution in [2.75, 3.05) is 32.8 Å². The smallest absolute Gasteiger partial charge is 0.295 e. The van der Waals surface area contributed by atoms with Crippen molar-refractivity contribution in [2.45, 2.75) is 39.7 Å². The molecule has 1 aliphatic heterocycles. The Morgan fingerprint density at radius 1 is 1.00 bits per heavy atom. The maximum absolute atomic E-state index is 13.1. The molecule has 1 N–H and O–H groups in total. The molecule has 1 atom stereocenters. The number of carbonyl (C=O) groups is 2. The molecule has 33 heavy (non-hydrogen) atoms. The van der Waals surface area contributed by atoms with Crippen molar-refractivity contribution >= 4 is 17.4 Å². The highest BCUT2D eigenvalue weighted by Gasteiger charge is 2.45. The van der Waals surface area contributed by atoms with Crippen LogP contribution in [0, 0.1) is 0 Å². The first-order valence-corrected chi connectivity index (χ1v) is 11.8. The SMILES string of the molecule is CCCOc1ccc([C@@H]2/C(=C(\O)c3ccccc3)C(=O)C(=O)N2CCCN(CC)CC)cc1. The number of aliphatic hydroxyl groups is 1. The van der Waals surface area contributed by atoms with E-state index in [1.807, 2.05) is 37.3 Å². The number of hydrogen-bond donors (Lipinski definition) is 1. The third kappa shape index (κ3) is 5.63. The summed E-state index contributed by atoms with van der Waals surface area (Å²) in [6.45, 7) is 10.0. The Bertz CT molecular complexity index is 965. The van der Waals surface area contributed by atoms with Gasteiger partial charge in [0, 0.05) is 12.1 Å². The zero-order chi connectivity index (χ0) is 23.8. The van der Waals surface area contributed by atoms with Crippen LogP contribution in [0.2, 0.25) is 0 Å². The molecule has 0 radical (unpaired) electrons. The molecule has 0 saturated carbocycles. The number of nitrogens with zero attached hydrogens (tertiary/aromatic N) is 2. The van der Waals surface area contributed by atoms with Gasteiger partial charge in [-0.15, -0.1) is 0 Å². The van der Waals surface area contributed by atoms with Crippen molar-refractivity contribution in [3.8, 4) is 5.75 Å². The largest absolute Gasteiger partial charge is 0.507 e. The summed E-state index contributed by atoms with van der Waals surface area (Å²) in [5.41, 5.74) is 1.43. The number of benzene rings is 2. The molecular weight excluding hydrogens is 416 g/mol. The normalized spacial score (nSPS) is 17.7. The molecule has 6 heteroatoms. The highest BCUT2D eigenvalue weighted by molar-refractivity contribution is 6.46. The predicted molar refractivity (Wildman–Crippen MR) is 130 cm³/mol. The molecule has 1 saturated heterocycles. The second kappa shape index (κ2) is 11.7. The molecule has 176 valence electrons. The van der Waals surface area contributed by atoms with Crippen molar-refractivity contribution < 1.29 is 19.4 Å². The summed E-state index contributed by atoms with van der Waals surface area (Å²) < 4.78 is 5.69. The van der Waals surface area contributed by atoms with Crippen LogP contribution < -0.4 is 4.74 Å². The van der Waals surface area contributed by atoms with Gasteiger partial charge < -0.3 is 19.6 Å². The van der Waals surface area contributed by atoms with E-state index in [0.29, 0.717) is 18.7 Å². The molecule has 0 spiro atoms.